The van der Waals surface area contributed by atoms with Gasteiger partial charge in [-0.1, -0.05) is 13.3 Å². The molecule has 1 aromatic heterocycles. The number of ether oxygens (including phenoxy) is 1. The van der Waals surface area contributed by atoms with E-state index in [1.807, 2.05) is 6.92 Å². The number of carbonyl (C=O) groups is 2. The summed E-state index contributed by atoms with van der Waals surface area (Å²) in [5, 5.41) is 2.67. The van der Waals surface area contributed by atoms with Gasteiger partial charge in [-0.2, -0.15) is 0 Å². The van der Waals surface area contributed by atoms with Crippen LogP contribution in [0.1, 0.15) is 41.6 Å². The molecular formula is C13H21ClN2O4. The average Bonchev–Trinajstić information content (AvgIpc) is 2.76. The maximum Gasteiger partial charge on any atom is 0.341 e. The molecule has 1 amide bonds. The minimum absolute atomic E-state index is 0. The van der Waals surface area contributed by atoms with Crippen LogP contribution in [0.4, 0.5) is 0 Å². The van der Waals surface area contributed by atoms with E-state index in [-0.39, 0.29) is 24.9 Å². The van der Waals surface area contributed by atoms with Crippen molar-refractivity contribution in [3.8, 4) is 0 Å². The SMILES string of the molecule is CCCC(N)C(=O)NCc1cc(C(=O)OC)c(C)o1.Cl. The number of hydrogen-bond acceptors (Lipinski definition) is 5. The molecule has 20 heavy (non-hydrogen) atoms. The fraction of sp³-hybridized carbons (Fsp3) is 0.538. The minimum Gasteiger partial charge on any atom is -0.465 e. The highest BCUT2D eigenvalue weighted by Crippen LogP contribution is 2.15. The molecule has 1 unspecified atom stereocenters. The maximum absolute atomic E-state index is 11.6. The molecule has 1 atom stereocenters. The second-order valence-corrected chi connectivity index (χ2v) is 4.29. The van der Waals surface area contributed by atoms with Gasteiger partial charge in [-0.15, -0.1) is 12.4 Å². The van der Waals surface area contributed by atoms with Gasteiger partial charge in [-0.25, -0.2) is 4.79 Å². The Labute approximate surface area is 124 Å². The number of rotatable bonds is 6. The standard InChI is InChI=1S/C13H20N2O4.ClH/c1-4-5-11(14)12(16)15-7-9-6-10(8(2)19-9)13(17)18-3;/h6,11H,4-5,7,14H2,1-3H3,(H,15,16);1H. The molecule has 0 saturated carbocycles. The van der Waals surface area contributed by atoms with Gasteiger partial charge >= 0.3 is 5.97 Å². The predicted molar refractivity (Wildman–Crippen MR) is 76.8 cm³/mol. The highest BCUT2D eigenvalue weighted by molar-refractivity contribution is 5.90. The van der Waals surface area contributed by atoms with Gasteiger partial charge in [0.25, 0.3) is 0 Å². The Bertz CT molecular complexity index is 459. The van der Waals surface area contributed by atoms with Crippen molar-refractivity contribution in [2.24, 2.45) is 5.73 Å². The zero-order valence-electron chi connectivity index (χ0n) is 11.9. The molecule has 0 aliphatic heterocycles. The van der Waals surface area contributed by atoms with Crippen LogP contribution in [0.3, 0.4) is 0 Å². The first-order chi connectivity index (χ1) is 8.99. The molecule has 114 valence electrons. The molecule has 3 N–H and O–H groups in total. The summed E-state index contributed by atoms with van der Waals surface area (Å²) in [5.74, 6) is 0.279. The number of methoxy groups -OCH3 is 1. The smallest absolute Gasteiger partial charge is 0.341 e. The summed E-state index contributed by atoms with van der Waals surface area (Å²) in [6, 6.07) is 1.05. The topological polar surface area (TPSA) is 94.6 Å². The average molecular weight is 305 g/mol. The molecule has 1 heterocycles. The van der Waals surface area contributed by atoms with Crippen molar-refractivity contribution in [2.45, 2.75) is 39.3 Å². The molecule has 6 nitrogen and oxygen atoms in total. The van der Waals surface area contributed by atoms with Crippen molar-refractivity contribution >= 4 is 24.3 Å². The Kier molecular flexibility index (Phi) is 7.94. The predicted octanol–water partition coefficient (Wildman–Crippen LogP) is 1.54. The van der Waals surface area contributed by atoms with E-state index in [2.05, 4.69) is 10.1 Å². The third-order valence-electron chi connectivity index (χ3n) is 2.75. The molecular weight excluding hydrogens is 284 g/mol. The largest absolute Gasteiger partial charge is 0.465 e. The van der Waals surface area contributed by atoms with Crippen molar-refractivity contribution in [2.75, 3.05) is 7.11 Å². The van der Waals surface area contributed by atoms with Crippen molar-refractivity contribution in [1.82, 2.24) is 5.32 Å². The first kappa shape index (κ1) is 18.5. The molecule has 0 aliphatic carbocycles. The van der Waals surface area contributed by atoms with Gasteiger partial charge in [-0.3, -0.25) is 4.79 Å². The monoisotopic (exact) mass is 304 g/mol. The molecule has 0 spiro atoms. The van der Waals surface area contributed by atoms with Crippen LogP contribution in [0.5, 0.6) is 0 Å². The van der Waals surface area contributed by atoms with Crippen LogP contribution in [-0.4, -0.2) is 25.0 Å². The van der Waals surface area contributed by atoms with E-state index in [0.717, 1.165) is 6.42 Å². The molecule has 0 aromatic carbocycles. The Morgan fingerprint density at radius 3 is 2.70 bits per heavy atom. The fourth-order valence-corrected chi connectivity index (χ4v) is 1.69. The van der Waals surface area contributed by atoms with Crippen LogP contribution < -0.4 is 11.1 Å². The number of furan rings is 1. The molecule has 0 saturated heterocycles. The lowest BCUT2D eigenvalue weighted by atomic mass is 10.1. The number of nitrogens with two attached hydrogens (primary N) is 1. The molecule has 0 aliphatic rings. The second kappa shape index (κ2) is 8.60. The summed E-state index contributed by atoms with van der Waals surface area (Å²) in [6.07, 6.45) is 1.48. The first-order valence-corrected chi connectivity index (χ1v) is 6.20. The van der Waals surface area contributed by atoms with Gasteiger partial charge in [-0.05, 0) is 19.4 Å². The van der Waals surface area contributed by atoms with E-state index in [1.54, 1.807) is 13.0 Å². The molecule has 1 rings (SSSR count). The number of aryl methyl sites for hydroxylation is 1. The van der Waals surface area contributed by atoms with Gasteiger partial charge in [0, 0.05) is 0 Å². The molecule has 7 heteroatoms. The van der Waals surface area contributed by atoms with Gasteiger partial charge in [0.2, 0.25) is 5.91 Å². The van der Waals surface area contributed by atoms with E-state index in [0.29, 0.717) is 23.5 Å². The summed E-state index contributed by atoms with van der Waals surface area (Å²) in [4.78, 5) is 23.0. The van der Waals surface area contributed by atoms with Crippen LogP contribution in [0.15, 0.2) is 10.5 Å². The second-order valence-electron chi connectivity index (χ2n) is 4.29. The summed E-state index contributed by atoms with van der Waals surface area (Å²) in [7, 11) is 1.31. The molecule has 0 radical (unpaired) electrons. The Morgan fingerprint density at radius 1 is 1.50 bits per heavy atom. The highest BCUT2D eigenvalue weighted by atomic mass is 35.5. The Balaban J connectivity index is 0.00000361. The third kappa shape index (κ3) is 4.86. The van der Waals surface area contributed by atoms with Crippen LogP contribution >= 0.6 is 12.4 Å². The number of esters is 1. The summed E-state index contributed by atoms with van der Waals surface area (Å²) < 4.78 is 9.99. The van der Waals surface area contributed by atoms with E-state index in [9.17, 15) is 9.59 Å². The van der Waals surface area contributed by atoms with Crippen LogP contribution in [0.2, 0.25) is 0 Å². The van der Waals surface area contributed by atoms with Gasteiger partial charge in [0.15, 0.2) is 0 Å². The highest BCUT2D eigenvalue weighted by Gasteiger charge is 2.17. The lowest BCUT2D eigenvalue weighted by Gasteiger charge is -2.09. The summed E-state index contributed by atoms with van der Waals surface area (Å²) in [6.45, 7) is 3.83. The zero-order valence-corrected chi connectivity index (χ0v) is 12.7. The van der Waals surface area contributed by atoms with E-state index in [1.165, 1.54) is 7.11 Å². The first-order valence-electron chi connectivity index (χ1n) is 6.20. The van der Waals surface area contributed by atoms with Gasteiger partial charge in [0.05, 0.1) is 19.7 Å². The fourth-order valence-electron chi connectivity index (χ4n) is 1.69. The van der Waals surface area contributed by atoms with E-state index in [4.69, 9.17) is 10.2 Å². The van der Waals surface area contributed by atoms with Crippen molar-refractivity contribution in [3.05, 3.63) is 23.2 Å². The number of halogens is 1. The Morgan fingerprint density at radius 2 is 2.15 bits per heavy atom. The van der Waals surface area contributed by atoms with Crippen molar-refractivity contribution in [1.29, 1.82) is 0 Å². The van der Waals surface area contributed by atoms with Gasteiger partial charge in [0.1, 0.15) is 17.1 Å². The molecule has 0 bridgehead atoms. The maximum atomic E-state index is 11.6. The number of amides is 1. The van der Waals surface area contributed by atoms with Crippen LogP contribution in [-0.2, 0) is 16.1 Å². The van der Waals surface area contributed by atoms with Crippen molar-refractivity contribution < 1.29 is 18.7 Å². The number of carbonyl (C=O) groups excluding carboxylic acids is 2. The van der Waals surface area contributed by atoms with E-state index >= 15 is 0 Å². The van der Waals surface area contributed by atoms with Gasteiger partial charge < -0.3 is 20.2 Å². The van der Waals surface area contributed by atoms with Crippen LogP contribution in [0, 0.1) is 6.92 Å². The quantitative estimate of drug-likeness (QED) is 0.777. The molecule has 0 fully saturated rings. The lowest BCUT2D eigenvalue weighted by Crippen LogP contribution is -2.39. The summed E-state index contributed by atoms with van der Waals surface area (Å²) in [5.41, 5.74) is 6.05. The number of hydrogen-bond donors (Lipinski definition) is 2. The normalized spacial score (nSPS) is 11.4. The van der Waals surface area contributed by atoms with Crippen LogP contribution in [0.25, 0.3) is 0 Å². The summed E-state index contributed by atoms with van der Waals surface area (Å²) >= 11 is 0. The third-order valence-corrected chi connectivity index (χ3v) is 2.75. The van der Waals surface area contributed by atoms with E-state index < -0.39 is 12.0 Å². The zero-order chi connectivity index (χ0) is 14.4. The molecule has 1 aromatic rings. The number of nitrogens with one attached hydrogen (secondary N) is 1. The Hall–Kier alpha value is -1.53. The minimum atomic E-state index is -0.513. The van der Waals surface area contributed by atoms with Crippen molar-refractivity contribution in [3.63, 3.8) is 0 Å². The lowest BCUT2D eigenvalue weighted by molar-refractivity contribution is -0.122.